The molecule has 0 saturated carbocycles. The Morgan fingerprint density at radius 1 is 1.00 bits per heavy atom. The SMILES string of the molecule is FC(F)=C(F)Cl.c1ccncc1. The zero-order valence-electron chi connectivity index (χ0n) is 5.85. The number of rotatable bonds is 0. The molecule has 0 unspecified atom stereocenters. The van der Waals surface area contributed by atoms with Crippen LogP contribution in [0.25, 0.3) is 0 Å². The zero-order valence-corrected chi connectivity index (χ0v) is 6.60. The maximum Gasteiger partial charge on any atom is 0.317 e. The maximum atomic E-state index is 10.7. The fourth-order valence-corrected chi connectivity index (χ4v) is 0.313. The molecule has 0 saturated heterocycles. The number of pyridine rings is 1. The Hall–Kier alpha value is -1.03. The molecule has 1 heterocycles. The van der Waals surface area contributed by atoms with Gasteiger partial charge in [0.15, 0.2) is 0 Å². The van der Waals surface area contributed by atoms with Crippen molar-refractivity contribution in [2.45, 2.75) is 0 Å². The summed E-state index contributed by atoms with van der Waals surface area (Å²) in [7, 11) is 0. The van der Waals surface area contributed by atoms with Crippen LogP contribution >= 0.6 is 11.6 Å². The van der Waals surface area contributed by atoms with Crippen LogP contribution in [0.3, 0.4) is 0 Å². The van der Waals surface area contributed by atoms with E-state index in [2.05, 4.69) is 16.6 Å². The van der Waals surface area contributed by atoms with Crippen molar-refractivity contribution in [2.75, 3.05) is 0 Å². The summed E-state index contributed by atoms with van der Waals surface area (Å²) < 4.78 is 31.8. The normalized spacial score (nSPS) is 8.00. The van der Waals surface area contributed by atoms with Crippen molar-refractivity contribution < 1.29 is 13.2 Å². The standard InChI is InChI=1S/C5H5N.C2ClF3/c1-2-4-6-5-3-1;3-1(4)2(5)6/h1-5H;. The molecule has 0 aliphatic rings. The van der Waals surface area contributed by atoms with Crippen LogP contribution in [0.15, 0.2) is 42.0 Å². The predicted octanol–water partition coefficient (Wildman–Crippen LogP) is 3.34. The number of halogens is 4. The Labute approximate surface area is 72.5 Å². The van der Waals surface area contributed by atoms with Crippen molar-refractivity contribution >= 4 is 11.6 Å². The average Bonchev–Trinajstić information content (AvgIpc) is 2.08. The molecule has 0 fully saturated rings. The molecule has 1 aromatic heterocycles. The van der Waals surface area contributed by atoms with E-state index >= 15 is 0 Å². The highest BCUT2D eigenvalue weighted by atomic mass is 35.5. The summed E-state index contributed by atoms with van der Waals surface area (Å²) in [6.45, 7) is 0. The fourth-order valence-electron chi connectivity index (χ4n) is 0.313. The Bertz CT molecular complexity index is 193. The molecule has 1 nitrogen and oxygen atoms in total. The van der Waals surface area contributed by atoms with E-state index in [1.165, 1.54) is 0 Å². The summed E-state index contributed by atoms with van der Waals surface area (Å²) in [6, 6.07) is 5.72. The zero-order chi connectivity index (χ0) is 9.40. The van der Waals surface area contributed by atoms with Crippen LogP contribution < -0.4 is 0 Å². The first-order valence-corrected chi connectivity index (χ1v) is 3.23. The molecule has 66 valence electrons. The molecule has 1 rings (SSSR count). The Kier molecular flexibility index (Phi) is 6.09. The van der Waals surface area contributed by atoms with Crippen molar-refractivity contribution in [2.24, 2.45) is 0 Å². The molecule has 1 aromatic rings. The van der Waals surface area contributed by atoms with E-state index in [0.717, 1.165) is 0 Å². The summed E-state index contributed by atoms with van der Waals surface area (Å²) in [4.78, 5) is 3.78. The third-order valence-electron chi connectivity index (χ3n) is 0.709. The van der Waals surface area contributed by atoms with E-state index < -0.39 is 11.4 Å². The highest BCUT2D eigenvalue weighted by Crippen LogP contribution is 2.11. The van der Waals surface area contributed by atoms with Gasteiger partial charge in [-0.15, -0.1) is 0 Å². The number of hydrogen-bond donors (Lipinski definition) is 0. The summed E-state index contributed by atoms with van der Waals surface area (Å²) >= 11 is 4.08. The number of hydrogen-bond acceptors (Lipinski definition) is 1. The molecule has 12 heavy (non-hydrogen) atoms. The third kappa shape index (κ3) is 7.08. The van der Waals surface area contributed by atoms with Gasteiger partial charge in [-0.1, -0.05) is 6.07 Å². The minimum atomic E-state index is -2.48. The van der Waals surface area contributed by atoms with Gasteiger partial charge in [0.05, 0.1) is 0 Å². The monoisotopic (exact) mass is 195 g/mol. The van der Waals surface area contributed by atoms with Gasteiger partial charge in [0.25, 0.3) is 5.29 Å². The summed E-state index contributed by atoms with van der Waals surface area (Å²) in [5.41, 5.74) is 0. The lowest BCUT2D eigenvalue weighted by Crippen LogP contribution is -1.58. The smallest absolute Gasteiger partial charge is 0.265 e. The van der Waals surface area contributed by atoms with Gasteiger partial charge in [-0.25, -0.2) is 0 Å². The first-order valence-electron chi connectivity index (χ1n) is 2.86. The summed E-state index contributed by atoms with van der Waals surface area (Å²) in [5.74, 6) is 0. The van der Waals surface area contributed by atoms with Gasteiger partial charge in [0.2, 0.25) is 0 Å². The predicted molar refractivity (Wildman–Crippen MR) is 40.4 cm³/mol. The lowest BCUT2D eigenvalue weighted by atomic mass is 10.5. The highest BCUT2D eigenvalue weighted by Gasteiger charge is 1.95. The largest absolute Gasteiger partial charge is 0.317 e. The van der Waals surface area contributed by atoms with Crippen LogP contribution in [0, 0.1) is 0 Å². The molecule has 0 N–H and O–H groups in total. The lowest BCUT2D eigenvalue weighted by Gasteiger charge is -1.70. The van der Waals surface area contributed by atoms with Gasteiger partial charge in [0.1, 0.15) is 0 Å². The van der Waals surface area contributed by atoms with Gasteiger partial charge >= 0.3 is 6.08 Å². The fraction of sp³-hybridized carbons (Fsp3) is 0. The second kappa shape index (κ2) is 6.67. The van der Waals surface area contributed by atoms with E-state index in [1.807, 2.05) is 18.2 Å². The minimum Gasteiger partial charge on any atom is -0.265 e. The minimum absolute atomic E-state index is 1.75. The van der Waals surface area contributed by atoms with Crippen molar-refractivity contribution in [3.8, 4) is 0 Å². The molecule has 0 spiro atoms. The average molecular weight is 196 g/mol. The van der Waals surface area contributed by atoms with E-state index in [-0.39, 0.29) is 0 Å². The second-order valence-electron chi connectivity index (χ2n) is 1.55. The van der Waals surface area contributed by atoms with Crippen LogP contribution in [0.2, 0.25) is 0 Å². The van der Waals surface area contributed by atoms with Gasteiger partial charge in [0, 0.05) is 12.4 Å². The Morgan fingerprint density at radius 3 is 1.50 bits per heavy atom. The van der Waals surface area contributed by atoms with E-state index in [9.17, 15) is 13.2 Å². The maximum absolute atomic E-state index is 10.7. The molecule has 0 atom stereocenters. The summed E-state index contributed by atoms with van der Waals surface area (Å²) in [5, 5.41) is -1.94. The molecule has 0 bridgehead atoms. The summed E-state index contributed by atoms with van der Waals surface area (Å²) in [6.07, 6.45) is 1.02. The van der Waals surface area contributed by atoms with E-state index in [4.69, 9.17) is 0 Å². The first kappa shape index (κ1) is 11.0. The van der Waals surface area contributed by atoms with Gasteiger partial charge in [-0.2, -0.15) is 13.2 Å². The molecule has 0 aliphatic heterocycles. The van der Waals surface area contributed by atoms with Crippen LogP contribution in [-0.4, -0.2) is 4.98 Å². The number of aromatic nitrogens is 1. The van der Waals surface area contributed by atoms with Crippen LogP contribution in [-0.2, 0) is 0 Å². The quantitative estimate of drug-likeness (QED) is 0.619. The third-order valence-corrected chi connectivity index (χ3v) is 0.852. The topological polar surface area (TPSA) is 12.9 Å². The Balaban J connectivity index is 0.000000202. The van der Waals surface area contributed by atoms with E-state index in [0.29, 0.717) is 0 Å². The molecule has 0 amide bonds. The van der Waals surface area contributed by atoms with Crippen molar-refractivity contribution in [1.29, 1.82) is 0 Å². The van der Waals surface area contributed by atoms with Gasteiger partial charge in [-0.05, 0) is 23.7 Å². The number of nitrogens with zero attached hydrogens (tertiary/aromatic N) is 1. The second-order valence-corrected chi connectivity index (χ2v) is 1.88. The van der Waals surface area contributed by atoms with Gasteiger partial charge in [-0.3, -0.25) is 4.98 Å². The van der Waals surface area contributed by atoms with Crippen LogP contribution in [0.1, 0.15) is 0 Å². The highest BCUT2D eigenvalue weighted by molar-refractivity contribution is 6.28. The first-order chi connectivity index (χ1) is 5.64. The molecular formula is C7H5ClF3N. The molecular weight excluding hydrogens is 191 g/mol. The van der Waals surface area contributed by atoms with Crippen LogP contribution in [0.5, 0.6) is 0 Å². The molecule has 0 aliphatic carbocycles. The van der Waals surface area contributed by atoms with Crippen molar-refractivity contribution in [3.63, 3.8) is 0 Å². The Morgan fingerprint density at radius 2 is 1.42 bits per heavy atom. The molecule has 0 aromatic carbocycles. The van der Waals surface area contributed by atoms with Crippen molar-refractivity contribution in [1.82, 2.24) is 4.98 Å². The van der Waals surface area contributed by atoms with Gasteiger partial charge < -0.3 is 0 Å². The molecule has 5 heteroatoms. The van der Waals surface area contributed by atoms with Crippen molar-refractivity contribution in [3.05, 3.63) is 42.0 Å². The lowest BCUT2D eigenvalue weighted by molar-refractivity contribution is 0.393. The van der Waals surface area contributed by atoms with Crippen LogP contribution in [0.4, 0.5) is 13.2 Å². The molecule has 0 radical (unpaired) electrons. The van der Waals surface area contributed by atoms with E-state index in [1.54, 1.807) is 12.4 Å².